The Kier molecular flexibility index (Phi) is 4.64. The third-order valence-corrected chi connectivity index (χ3v) is 6.32. The van der Waals surface area contributed by atoms with E-state index in [0.29, 0.717) is 22.0 Å². The van der Waals surface area contributed by atoms with Gasteiger partial charge in [0.1, 0.15) is 28.5 Å². The summed E-state index contributed by atoms with van der Waals surface area (Å²) in [5.74, 6) is 0.353. The molecule has 0 fully saturated rings. The maximum absolute atomic E-state index is 13.1. The Bertz CT molecular complexity index is 1270. The van der Waals surface area contributed by atoms with E-state index >= 15 is 0 Å². The molecule has 0 spiro atoms. The molecule has 0 amide bonds. The average Bonchev–Trinajstić information content (AvgIpc) is 3.01. The van der Waals surface area contributed by atoms with Crippen molar-refractivity contribution < 1.29 is 12.8 Å². The van der Waals surface area contributed by atoms with Crippen LogP contribution in [-0.4, -0.2) is 34.2 Å². The number of fused-ring (bicyclic) bond motifs is 1. The highest BCUT2D eigenvalue weighted by atomic mass is 32.2. The summed E-state index contributed by atoms with van der Waals surface area (Å²) in [6.45, 7) is 0. The molecule has 28 heavy (non-hydrogen) atoms. The van der Waals surface area contributed by atoms with Gasteiger partial charge < -0.3 is 4.57 Å². The fourth-order valence-corrected chi connectivity index (χ4v) is 4.24. The Labute approximate surface area is 165 Å². The van der Waals surface area contributed by atoms with Crippen LogP contribution >= 0.6 is 11.8 Å². The maximum atomic E-state index is 13.1. The predicted octanol–water partition coefficient (Wildman–Crippen LogP) is 3.72. The number of hydrogen-bond donors (Lipinski definition) is 0. The first-order valence-electron chi connectivity index (χ1n) is 8.24. The molecule has 0 saturated carbocycles. The van der Waals surface area contributed by atoms with Crippen molar-refractivity contribution in [2.75, 3.05) is 6.26 Å². The SMILES string of the molecule is Cn1c(-c2ccc(S(C)(=O)=O)cc2)nc2c(Sc3ccc(F)cc3)ncnc21. The third kappa shape index (κ3) is 3.50. The van der Waals surface area contributed by atoms with Gasteiger partial charge in [0.05, 0.1) is 4.90 Å². The van der Waals surface area contributed by atoms with E-state index in [1.54, 1.807) is 36.4 Å². The number of hydrogen-bond acceptors (Lipinski definition) is 6. The van der Waals surface area contributed by atoms with E-state index in [-0.39, 0.29) is 10.7 Å². The van der Waals surface area contributed by atoms with E-state index < -0.39 is 9.84 Å². The molecule has 6 nitrogen and oxygen atoms in total. The molecule has 0 unspecified atom stereocenters. The third-order valence-electron chi connectivity index (χ3n) is 4.19. The fourth-order valence-electron chi connectivity index (χ4n) is 2.78. The Morgan fingerprint density at radius 1 is 1.00 bits per heavy atom. The second kappa shape index (κ2) is 6.99. The molecule has 2 heterocycles. The molecule has 0 bridgehead atoms. The topological polar surface area (TPSA) is 77.7 Å². The molecule has 0 aliphatic heterocycles. The molecule has 142 valence electrons. The van der Waals surface area contributed by atoms with Crippen LogP contribution in [0.25, 0.3) is 22.6 Å². The van der Waals surface area contributed by atoms with Gasteiger partial charge in [-0.25, -0.2) is 27.8 Å². The van der Waals surface area contributed by atoms with Crippen molar-refractivity contribution in [1.29, 1.82) is 0 Å². The number of aryl methyl sites for hydroxylation is 1. The van der Waals surface area contributed by atoms with Crippen molar-refractivity contribution in [3.63, 3.8) is 0 Å². The first-order valence-corrected chi connectivity index (χ1v) is 10.9. The molecule has 0 N–H and O–H groups in total. The summed E-state index contributed by atoms with van der Waals surface area (Å²) >= 11 is 1.38. The van der Waals surface area contributed by atoms with Crippen LogP contribution in [0, 0.1) is 5.82 Å². The Hall–Kier alpha value is -2.78. The summed E-state index contributed by atoms with van der Waals surface area (Å²) in [7, 11) is -1.42. The summed E-state index contributed by atoms with van der Waals surface area (Å²) in [6.07, 6.45) is 2.64. The molecule has 2 aromatic heterocycles. The van der Waals surface area contributed by atoms with Crippen LogP contribution in [0.5, 0.6) is 0 Å². The second-order valence-electron chi connectivity index (χ2n) is 6.20. The van der Waals surface area contributed by atoms with Crippen molar-refractivity contribution >= 4 is 32.8 Å². The molecule has 2 aromatic carbocycles. The van der Waals surface area contributed by atoms with Gasteiger partial charge in [-0.2, -0.15) is 0 Å². The highest BCUT2D eigenvalue weighted by molar-refractivity contribution is 7.99. The normalized spacial score (nSPS) is 11.8. The van der Waals surface area contributed by atoms with Gasteiger partial charge in [-0.15, -0.1) is 0 Å². The van der Waals surface area contributed by atoms with Crippen molar-refractivity contribution in [3.8, 4) is 11.4 Å². The highest BCUT2D eigenvalue weighted by Gasteiger charge is 2.16. The smallest absolute Gasteiger partial charge is 0.175 e. The van der Waals surface area contributed by atoms with Gasteiger partial charge in [0.25, 0.3) is 0 Å². The fraction of sp³-hybridized carbons (Fsp3) is 0.105. The first kappa shape index (κ1) is 18.6. The van der Waals surface area contributed by atoms with Crippen molar-refractivity contribution in [1.82, 2.24) is 19.5 Å². The van der Waals surface area contributed by atoms with E-state index in [1.807, 2.05) is 11.6 Å². The van der Waals surface area contributed by atoms with Crippen molar-refractivity contribution in [2.45, 2.75) is 14.8 Å². The lowest BCUT2D eigenvalue weighted by Crippen LogP contribution is -1.98. The van der Waals surface area contributed by atoms with Crippen LogP contribution in [0.15, 0.2) is 69.7 Å². The minimum absolute atomic E-state index is 0.252. The molecule has 4 rings (SSSR count). The van der Waals surface area contributed by atoms with Crippen molar-refractivity contribution in [3.05, 3.63) is 60.7 Å². The number of halogens is 1. The maximum Gasteiger partial charge on any atom is 0.175 e. The van der Waals surface area contributed by atoms with Gasteiger partial charge in [-0.3, -0.25) is 0 Å². The summed E-state index contributed by atoms with van der Waals surface area (Å²) < 4.78 is 38.3. The van der Waals surface area contributed by atoms with Crippen LogP contribution in [0.4, 0.5) is 4.39 Å². The van der Waals surface area contributed by atoms with Crippen LogP contribution in [0.1, 0.15) is 0 Å². The van der Waals surface area contributed by atoms with Gasteiger partial charge >= 0.3 is 0 Å². The molecule has 9 heteroatoms. The molecule has 0 saturated heterocycles. The Morgan fingerprint density at radius 3 is 2.32 bits per heavy atom. The number of sulfone groups is 1. The number of benzene rings is 2. The van der Waals surface area contributed by atoms with Crippen LogP contribution in [0.2, 0.25) is 0 Å². The van der Waals surface area contributed by atoms with E-state index in [0.717, 1.165) is 10.5 Å². The van der Waals surface area contributed by atoms with E-state index in [2.05, 4.69) is 15.0 Å². The van der Waals surface area contributed by atoms with Crippen LogP contribution in [0.3, 0.4) is 0 Å². The lowest BCUT2D eigenvalue weighted by molar-refractivity contribution is 0.602. The molecule has 0 aliphatic carbocycles. The second-order valence-corrected chi connectivity index (χ2v) is 9.28. The lowest BCUT2D eigenvalue weighted by atomic mass is 10.2. The lowest BCUT2D eigenvalue weighted by Gasteiger charge is -2.03. The molecule has 0 aliphatic rings. The standard InChI is InChI=1S/C19H15FN4O2S2/c1-24-17(12-3-9-15(10-4-12)28(2,25)26)23-16-18(24)21-11-22-19(16)27-14-7-5-13(20)6-8-14/h3-11H,1-2H3. The predicted molar refractivity (Wildman–Crippen MR) is 105 cm³/mol. The number of imidazole rings is 1. The zero-order valence-electron chi connectivity index (χ0n) is 15.0. The van der Waals surface area contributed by atoms with Crippen molar-refractivity contribution in [2.24, 2.45) is 7.05 Å². The van der Waals surface area contributed by atoms with Gasteiger partial charge in [0, 0.05) is 23.8 Å². The zero-order chi connectivity index (χ0) is 19.9. The van der Waals surface area contributed by atoms with Crippen LogP contribution in [-0.2, 0) is 16.9 Å². The monoisotopic (exact) mass is 414 g/mol. The summed E-state index contributed by atoms with van der Waals surface area (Å²) in [4.78, 5) is 14.4. The largest absolute Gasteiger partial charge is 0.312 e. The molecular weight excluding hydrogens is 399 g/mol. The van der Waals surface area contributed by atoms with E-state index in [4.69, 9.17) is 0 Å². The summed E-state index contributed by atoms with van der Waals surface area (Å²) in [5, 5.41) is 0.659. The number of rotatable bonds is 4. The zero-order valence-corrected chi connectivity index (χ0v) is 16.6. The van der Waals surface area contributed by atoms with Gasteiger partial charge in [0.15, 0.2) is 15.5 Å². The highest BCUT2D eigenvalue weighted by Crippen LogP contribution is 2.32. The molecule has 4 aromatic rings. The van der Waals surface area contributed by atoms with Gasteiger partial charge in [-0.05, 0) is 48.5 Å². The van der Waals surface area contributed by atoms with Gasteiger partial charge in [0.2, 0.25) is 0 Å². The number of aromatic nitrogens is 4. The summed E-state index contributed by atoms with van der Waals surface area (Å²) in [5.41, 5.74) is 2.05. The number of nitrogens with zero attached hydrogens (tertiary/aromatic N) is 4. The average molecular weight is 414 g/mol. The first-order chi connectivity index (χ1) is 13.3. The molecular formula is C19H15FN4O2S2. The Balaban J connectivity index is 1.77. The minimum atomic E-state index is -3.26. The van der Waals surface area contributed by atoms with E-state index in [1.165, 1.54) is 36.5 Å². The quantitative estimate of drug-likeness (QED) is 0.474. The van der Waals surface area contributed by atoms with E-state index in [9.17, 15) is 12.8 Å². The summed E-state index contributed by atoms with van der Waals surface area (Å²) in [6, 6.07) is 12.7. The minimum Gasteiger partial charge on any atom is -0.312 e. The van der Waals surface area contributed by atoms with Gasteiger partial charge in [-0.1, -0.05) is 11.8 Å². The van der Waals surface area contributed by atoms with Crippen LogP contribution < -0.4 is 0 Å². The molecule has 0 radical (unpaired) electrons. The Morgan fingerprint density at radius 2 is 1.68 bits per heavy atom. The molecule has 0 atom stereocenters.